The van der Waals surface area contributed by atoms with Crippen molar-refractivity contribution in [3.05, 3.63) is 63.6 Å². The molecule has 1 heterocycles. The van der Waals surface area contributed by atoms with Gasteiger partial charge in [-0.2, -0.15) is 5.10 Å². The molecular weight excluding hydrogens is 379 g/mol. The molecule has 0 atom stereocenters. The van der Waals surface area contributed by atoms with Gasteiger partial charge in [0, 0.05) is 26.9 Å². The molecule has 0 spiro atoms. The Morgan fingerprint density at radius 1 is 1.16 bits per heavy atom. The number of fused-ring (bicyclic) bond motifs is 1. The predicted octanol–water partition coefficient (Wildman–Crippen LogP) is 5.08. The second kappa shape index (κ2) is 8.00. The van der Waals surface area contributed by atoms with Crippen molar-refractivity contribution in [1.29, 1.82) is 0 Å². The van der Waals surface area contributed by atoms with Crippen LogP contribution in [0.15, 0.2) is 57.6 Å². The maximum atomic E-state index is 6.37. The molecule has 1 aliphatic rings. The molecule has 0 saturated carbocycles. The minimum absolute atomic E-state index is 0.339. The number of alkyl halides is 1. The van der Waals surface area contributed by atoms with Crippen LogP contribution in [0.5, 0.6) is 0 Å². The van der Waals surface area contributed by atoms with Gasteiger partial charge in [-0.3, -0.25) is 10.4 Å². The first-order chi connectivity index (χ1) is 12.1. The van der Waals surface area contributed by atoms with Crippen LogP contribution in [0.2, 0.25) is 10.0 Å². The van der Waals surface area contributed by atoms with E-state index in [0.29, 0.717) is 28.3 Å². The lowest BCUT2D eigenvalue weighted by atomic mass is 10.0. The summed E-state index contributed by atoms with van der Waals surface area (Å²) >= 11 is 18.3. The normalized spacial score (nSPS) is 14.3. The van der Waals surface area contributed by atoms with Gasteiger partial charge in [0.25, 0.3) is 0 Å². The van der Waals surface area contributed by atoms with E-state index in [0.717, 1.165) is 28.2 Å². The van der Waals surface area contributed by atoms with Gasteiger partial charge in [0.1, 0.15) is 5.84 Å². The molecule has 0 unspecified atom stereocenters. The van der Waals surface area contributed by atoms with E-state index in [2.05, 4.69) is 15.5 Å². The van der Waals surface area contributed by atoms with Crippen molar-refractivity contribution in [2.24, 2.45) is 15.1 Å². The van der Waals surface area contributed by atoms with Crippen LogP contribution in [0.3, 0.4) is 0 Å². The van der Waals surface area contributed by atoms with Crippen molar-refractivity contribution in [3.63, 3.8) is 0 Å². The van der Waals surface area contributed by atoms with E-state index in [1.165, 1.54) is 0 Å². The molecule has 0 radical (unpaired) electrons. The van der Waals surface area contributed by atoms with Gasteiger partial charge in [-0.1, -0.05) is 41.4 Å². The number of benzene rings is 2. The maximum Gasteiger partial charge on any atom is 0.144 e. The van der Waals surface area contributed by atoms with Crippen molar-refractivity contribution in [1.82, 2.24) is 5.43 Å². The van der Waals surface area contributed by atoms with Crippen LogP contribution in [0.1, 0.15) is 18.1 Å². The quantitative estimate of drug-likeness (QED) is 0.441. The van der Waals surface area contributed by atoms with Crippen LogP contribution >= 0.6 is 34.8 Å². The average Bonchev–Trinajstić information content (AvgIpc) is 2.79. The van der Waals surface area contributed by atoms with Crippen molar-refractivity contribution < 1.29 is 0 Å². The zero-order valence-corrected chi connectivity index (χ0v) is 15.7. The molecule has 2 aromatic carbocycles. The van der Waals surface area contributed by atoms with E-state index in [4.69, 9.17) is 39.8 Å². The number of hydrazone groups is 1. The van der Waals surface area contributed by atoms with Crippen molar-refractivity contribution in [2.45, 2.75) is 6.92 Å². The highest BCUT2D eigenvalue weighted by Crippen LogP contribution is 2.30. The smallest absolute Gasteiger partial charge is 0.144 e. The summed E-state index contributed by atoms with van der Waals surface area (Å²) in [7, 11) is 0. The number of halogens is 3. The lowest BCUT2D eigenvalue weighted by Gasteiger charge is -2.10. The fraction of sp³-hybridized carbons (Fsp3) is 0.167. The molecule has 0 amide bonds. The average molecular weight is 394 g/mol. The number of aliphatic imine (C=N–C) groups is 2. The second-order valence-electron chi connectivity index (χ2n) is 5.46. The van der Waals surface area contributed by atoms with Gasteiger partial charge >= 0.3 is 0 Å². The first-order valence-electron chi connectivity index (χ1n) is 7.60. The molecule has 2 aromatic rings. The highest BCUT2D eigenvalue weighted by molar-refractivity contribution is 6.36. The fourth-order valence-electron chi connectivity index (χ4n) is 2.35. The molecule has 0 fully saturated rings. The molecule has 0 aliphatic carbocycles. The molecule has 0 saturated heterocycles. The summed E-state index contributed by atoms with van der Waals surface area (Å²) in [5.74, 6) is 0.968. The van der Waals surface area contributed by atoms with Gasteiger partial charge in [-0.25, -0.2) is 4.99 Å². The molecule has 4 nitrogen and oxygen atoms in total. The van der Waals surface area contributed by atoms with Crippen LogP contribution in [0.25, 0.3) is 0 Å². The molecular formula is C18H15Cl3N4. The van der Waals surface area contributed by atoms with E-state index >= 15 is 0 Å². The lowest BCUT2D eigenvalue weighted by molar-refractivity contribution is 0.987. The van der Waals surface area contributed by atoms with Crippen molar-refractivity contribution in [2.75, 3.05) is 12.4 Å². The number of nitrogens with zero attached hydrogens (tertiary/aromatic N) is 3. The first kappa shape index (κ1) is 17.9. The molecule has 1 aliphatic heterocycles. The molecule has 25 heavy (non-hydrogen) atoms. The Balaban J connectivity index is 2.08. The Hall–Kier alpha value is -1.88. The maximum absolute atomic E-state index is 6.37. The summed E-state index contributed by atoms with van der Waals surface area (Å²) in [5.41, 5.74) is 6.87. The van der Waals surface area contributed by atoms with Crippen LogP contribution in [-0.2, 0) is 0 Å². The molecule has 1 N–H and O–H groups in total. The van der Waals surface area contributed by atoms with Crippen molar-refractivity contribution >= 4 is 57.7 Å². The van der Waals surface area contributed by atoms with Gasteiger partial charge in [-0.05, 0) is 31.2 Å². The Bertz CT molecular complexity index is 888. The van der Waals surface area contributed by atoms with E-state index in [-0.39, 0.29) is 0 Å². The topological polar surface area (TPSA) is 49.1 Å². The fourth-order valence-corrected chi connectivity index (χ4v) is 2.81. The third-order valence-electron chi connectivity index (χ3n) is 3.55. The predicted molar refractivity (Wildman–Crippen MR) is 107 cm³/mol. The Morgan fingerprint density at radius 2 is 1.96 bits per heavy atom. The van der Waals surface area contributed by atoms with E-state index in [1.807, 2.05) is 43.3 Å². The minimum atomic E-state index is 0.339. The third kappa shape index (κ3) is 4.21. The summed E-state index contributed by atoms with van der Waals surface area (Å²) < 4.78 is 0. The van der Waals surface area contributed by atoms with E-state index < -0.39 is 0 Å². The number of hydrogen-bond acceptors (Lipinski definition) is 4. The Morgan fingerprint density at radius 3 is 2.72 bits per heavy atom. The summed E-state index contributed by atoms with van der Waals surface area (Å²) in [4.78, 5) is 9.33. The number of rotatable bonds is 3. The van der Waals surface area contributed by atoms with Gasteiger partial charge < -0.3 is 0 Å². The van der Waals surface area contributed by atoms with Gasteiger partial charge in [-0.15, -0.1) is 11.6 Å². The van der Waals surface area contributed by atoms with Crippen LogP contribution in [0.4, 0.5) is 5.69 Å². The minimum Gasteiger partial charge on any atom is -0.276 e. The van der Waals surface area contributed by atoms with Crippen LogP contribution in [-0.4, -0.2) is 29.7 Å². The number of amidine groups is 1. The van der Waals surface area contributed by atoms with Gasteiger partial charge in [0.05, 0.1) is 23.8 Å². The zero-order valence-electron chi connectivity index (χ0n) is 13.4. The third-order valence-corrected chi connectivity index (χ3v) is 4.51. The molecule has 0 bridgehead atoms. The summed E-state index contributed by atoms with van der Waals surface area (Å²) in [6.07, 6.45) is 0. The number of hydrogen-bond donors (Lipinski definition) is 1. The van der Waals surface area contributed by atoms with Crippen LogP contribution < -0.4 is 5.43 Å². The monoisotopic (exact) mass is 392 g/mol. The van der Waals surface area contributed by atoms with Gasteiger partial charge in [0.2, 0.25) is 0 Å². The largest absolute Gasteiger partial charge is 0.276 e. The zero-order chi connectivity index (χ0) is 17.8. The Kier molecular flexibility index (Phi) is 5.74. The molecule has 3 rings (SSSR count). The molecule has 128 valence electrons. The van der Waals surface area contributed by atoms with Gasteiger partial charge in [0.15, 0.2) is 0 Å². The lowest BCUT2D eigenvalue weighted by Crippen LogP contribution is -2.22. The summed E-state index contributed by atoms with van der Waals surface area (Å²) in [6.45, 7) is 2.18. The second-order valence-corrected chi connectivity index (χ2v) is 6.57. The summed E-state index contributed by atoms with van der Waals surface area (Å²) in [5, 5.41) is 5.43. The van der Waals surface area contributed by atoms with Crippen molar-refractivity contribution in [3.8, 4) is 0 Å². The van der Waals surface area contributed by atoms with E-state index in [1.54, 1.807) is 6.07 Å². The number of nitrogens with one attached hydrogen (secondary N) is 1. The molecule has 0 aromatic heterocycles. The SMILES string of the molecule is C/C(CCl)=N\NC1=Nc2ccc(Cl)cc2C(c2ccccc2Cl)=NC1. The first-order valence-corrected chi connectivity index (χ1v) is 8.89. The van der Waals surface area contributed by atoms with E-state index in [9.17, 15) is 0 Å². The van der Waals surface area contributed by atoms with Crippen LogP contribution in [0, 0.1) is 0 Å². The standard InChI is InChI=1S/C18H15Cl3N4/c1-11(9-19)24-25-17-10-22-18(13-4-2-3-5-15(13)21)14-8-12(20)6-7-16(14)23-17/h2-8H,9-10H2,1H3,(H,23,25)/b24-11+. The molecule has 7 heteroatoms. The highest BCUT2D eigenvalue weighted by Gasteiger charge is 2.18. The Labute approximate surface area is 161 Å². The summed E-state index contributed by atoms with van der Waals surface area (Å²) in [6, 6.07) is 13.1. The highest BCUT2D eigenvalue weighted by atomic mass is 35.5.